The van der Waals surface area contributed by atoms with Gasteiger partial charge in [0.2, 0.25) is 0 Å². The van der Waals surface area contributed by atoms with Crippen molar-refractivity contribution < 1.29 is 4.74 Å². The Bertz CT molecular complexity index is 329. The van der Waals surface area contributed by atoms with Crippen molar-refractivity contribution in [2.24, 2.45) is 0 Å². The Hall–Kier alpha value is -0.980. The Labute approximate surface area is 134 Å². The topological polar surface area (TPSA) is 9.23 Å². The number of benzene rings is 1. The van der Waals surface area contributed by atoms with Crippen molar-refractivity contribution in [2.45, 2.75) is 86.5 Å². The highest BCUT2D eigenvalue weighted by Gasteiger charge is 2.09. The van der Waals surface area contributed by atoms with E-state index in [2.05, 4.69) is 52.8 Å². The number of hydrogen-bond acceptors (Lipinski definition) is 1. The maximum atomic E-state index is 5.27. The molecule has 1 heteroatoms. The van der Waals surface area contributed by atoms with E-state index in [-0.39, 0.29) is 0 Å². The van der Waals surface area contributed by atoms with E-state index in [1.54, 1.807) is 7.11 Å². The molecule has 0 bridgehead atoms. The third-order valence-corrected chi connectivity index (χ3v) is 3.51. The van der Waals surface area contributed by atoms with Crippen molar-refractivity contribution in [3.05, 3.63) is 29.3 Å². The van der Waals surface area contributed by atoms with Crippen LogP contribution in [0.15, 0.2) is 18.2 Å². The van der Waals surface area contributed by atoms with Gasteiger partial charge in [0.05, 0.1) is 7.11 Å². The third kappa shape index (κ3) is 9.55. The Morgan fingerprint density at radius 1 is 0.952 bits per heavy atom. The van der Waals surface area contributed by atoms with Gasteiger partial charge in [0.1, 0.15) is 5.75 Å². The van der Waals surface area contributed by atoms with Gasteiger partial charge in [-0.2, -0.15) is 0 Å². The fourth-order valence-electron chi connectivity index (χ4n) is 1.90. The van der Waals surface area contributed by atoms with E-state index < -0.39 is 0 Å². The number of ether oxygens (including phenoxy) is 1. The van der Waals surface area contributed by atoms with Crippen molar-refractivity contribution in [3.8, 4) is 5.75 Å². The average Bonchev–Trinajstić information content (AvgIpc) is 2.56. The maximum absolute atomic E-state index is 5.27. The van der Waals surface area contributed by atoms with Crippen LogP contribution in [0.1, 0.15) is 91.2 Å². The van der Waals surface area contributed by atoms with E-state index in [9.17, 15) is 0 Å². The average molecular weight is 295 g/mol. The lowest BCUT2D eigenvalue weighted by Gasteiger charge is -2.15. The van der Waals surface area contributed by atoms with Crippen LogP contribution in [-0.2, 0) is 6.42 Å². The summed E-state index contributed by atoms with van der Waals surface area (Å²) in [7, 11) is 1.73. The SMILES string of the molecule is CC.CCCC.CCCc1cc(OC)ccc1C(C)CC. The molecule has 0 aromatic heterocycles. The zero-order chi connectivity index (χ0) is 16.7. The summed E-state index contributed by atoms with van der Waals surface area (Å²) in [5.41, 5.74) is 2.94. The molecule has 1 rings (SSSR count). The highest BCUT2D eigenvalue weighted by Crippen LogP contribution is 2.27. The highest BCUT2D eigenvalue weighted by molar-refractivity contribution is 5.37. The van der Waals surface area contributed by atoms with Crippen LogP contribution < -0.4 is 4.74 Å². The predicted molar refractivity (Wildman–Crippen MR) is 97.6 cm³/mol. The van der Waals surface area contributed by atoms with Gasteiger partial charge in [0, 0.05) is 0 Å². The van der Waals surface area contributed by atoms with Gasteiger partial charge in [-0.3, -0.25) is 0 Å². The second kappa shape index (κ2) is 15.4. The molecule has 0 fully saturated rings. The van der Waals surface area contributed by atoms with E-state index in [4.69, 9.17) is 4.74 Å². The number of methoxy groups -OCH3 is 1. The minimum atomic E-state index is 0.650. The van der Waals surface area contributed by atoms with E-state index >= 15 is 0 Å². The molecule has 0 saturated carbocycles. The molecule has 1 aromatic carbocycles. The largest absolute Gasteiger partial charge is 0.497 e. The van der Waals surface area contributed by atoms with Gasteiger partial charge in [0.25, 0.3) is 0 Å². The standard InChI is InChI=1S/C14H22O.C4H10.C2H6/c1-5-7-12-10-13(15-4)8-9-14(12)11(3)6-2;1-3-4-2;1-2/h8-11H,5-7H2,1-4H3;3-4H2,1-2H3;1-2H3. The molecule has 0 N–H and O–H groups in total. The Kier molecular flexibility index (Phi) is 16.4. The zero-order valence-corrected chi connectivity index (χ0v) is 15.8. The van der Waals surface area contributed by atoms with Crippen LogP contribution in [0, 0.1) is 0 Å². The van der Waals surface area contributed by atoms with E-state index in [1.165, 1.54) is 36.8 Å². The second-order valence-electron chi connectivity index (χ2n) is 5.12. The minimum Gasteiger partial charge on any atom is -0.497 e. The summed E-state index contributed by atoms with van der Waals surface area (Å²) in [5, 5.41) is 0. The molecule has 0 saturated heterocycles. The summed E-state index contributed by atoms with van der Waals surface area (Å²) < 4.78 is 5.27. The first-order chi connectivity index (χ1) is 10.1. The summed E-state index contributed by atoms with van der Waals surface area (Å²) >= 11 is 0. The molecule has 0 heterocycles. The smallest absolute Gasteiger partial charge is 0.119 e. The third-order valence-electron chi connectivity index (χ3n) is 3.51. The number of hydrogen-bond donors (Lipinski definition) is 0. The molecule has 1 aromatic rings. The van der Waals surface area contributed by atoms with Crippen LogP contribution in [-0.4, -0.2) is 7.11 Å². The Balaban J connectivity index is 0. The maximum Gasteiger partial charge on any atom is 0.119 e. The molecule has 1 atom stereocenters. The van der Waals surface area contributed by atoms with Crippen LogP contribution >= 0.6 is 0 Å². The number of unbranched alkanes of at least 4 members (excludes halogenated alkanes) is 1. The van der Waals surface area contributed by atoms with E-state index in [1.807, 2.05) is 13.8 Å². The summed E-state index contributed by atoms with van der Waals surface area (Å²) in [5.74, 6) is 1.63. The van der Waals surface area contributed by atoms with Gasteiger partial charge in [0.15, 0.2) is 0 Å². The normalized spacial score (nSPS) is 10.7. The summed E-state index contributed by atoms with van der Waals surface area (Å²) in [6.45, 7) is 15.1. The molecule has 124 valence electrons. The van der Waals surface area contributed by atoms with Crippen LogP contribution in [0.25, 0.3) is 0 Å². The number of rotatable bonds is 6. The first-order valence-electron chi connectivity index (χ1n) is 8.81. The zero-order valence-electron chi connectivity index (χ0n) is 15.8. The van der Waals surface area contributed by atoms with Gasteiger partial charge < -0.3 is 4.74 Å². The molecule has 0 radical (unpaired) electrons. The van der Waals surface area contributed by atoms with Crippen LogP contribution in [0.4, 0.5) is 0 Å². The quantitative estimate of drug-likeness (QED) is 0.549. The van der Waals surface area contributed by atoms with E-state index in [0.29, 0.717) is 5.92 Å². The molecule has 0 aliphatic rings. The fourth-order valence-corrected chi connectivity index (χ4v) is 1.90. The van der Waals surface area contributed by atoms with Crippen LogP contribution in [0.5, 0.6) is 5.75 Å². The van der Waals surface area contributed by atoms with Gasteiger partial charge in [-0.15, -0.1) is 0 Å². The highest BCUT2D eigenvalue weighted by atomic mass is 16.5. The summed E-state index contributed by atoms with van der Waals surface area (Å²) in [6.07, 6.45) is 6.18. The number of aryl methyl sites for hydroxylation is 1. The monoisotopic (exact) mass is 294 g/mol. The lowest BCUT2D eigenvalue weighted by molar-refractivity contribution is 0.414. The lowest BCUT2D eigenvalue weighted by Crippen LogP contribution is -1.99. The summed E-state index contributed by atoms with van der Waals surface area (Å²) in [6, 6.07) is 6.48. The van der Waals surface area contributed by atoms with Crippen molar-refractivity contribution in [1.29, 1.82) is 0 Å². The first-order valence-corrected chi connectivity index (χ1v) is 8.81. The van der Waals surface area contributed by atoms with Crippen molar-refractivity contribution in [3.63, 3.8) is 0 Å². The Morgan fingerprint density at radius 3 is 1.90 bits per heavy atom. The fraction of sp³-hybridized carbons (Fsp3) is 0.700. The molecule has 1 nitrogen and oxygen atoms in total. The molecule has 0 aliphatic carbocycles. The molecule has 0 spiro atoms. The predicted octanol–water partition coefficient (Wildman–Crippen LogP) is 6.99. The van der Waals surface area contributed by atoms with Crippen LogP contribution in [0.3, 0.4) is 0 Å². The molecular weight excluding hydrogens is 256 g/mol. The first kappa shape index (κ1) is 22.3. The Morgan fingerprint density at radius 2 is 1.52 bits per heavy atom. The van der Waals surface area contributed by atoms with Gasteiger partial charge in [-0.25, -0.2) is 0 Å². The molecule has 1 unspecified atom stereocenters. The lowest BCUT2D eigenvalue weighted by atomic mass is 9.91. The second-order valence-corrected chi connectivity index (χ2v) is 5.12. The molecule has 21 heavy (non-hydrogen) atoms. The van der Waals surface area contributed by atoms with Crippen molar-refractivity contribution >= 4 is 0 Å². The van der Waals surface area contributed by atoms with Gasteiger partial charge in [-0.1, -0.05) is 73.8 Å². The molecular formula is C20H38O. The van der Waals surface area contributed by atoms with Gasteiger partial charge >= 0.3 is 0 Å². The van der Waals surface area contributed by atoms with Gasteiger partial charge in [-0.05, 0) is 42.0 Å². The minimum absolute atomic E-state index is 0.650. The van der Waals surface area contributed by atoms with Crippen LogP contribution in [0.2, 0.25) is 0 Å². The van der Waals surface area contributed by atoms with Crippen molar-refractivity contribution in [1.82, 2.24) is 0 Å². The van der Waals surface area contributed by atoms with Crippen molar-refractivity contribution in [2.75, 3.05) is 7.11 Å². The molecule has 0 amide bonds. The van der Waals surface area contributed by atoms with E-state index in [0.717, 1.165) is 12.2 Å². The summed E-state index contributed by atoms with van der Waals surface area (Å²) in [4.78, 5) is 0. The molecule has 0 aliphatic heterocycles.